The van der Waals surface area contributed by atoms with Gasteiger partial charge in [-0.15, -0.1) is 22.0 Å². The van der Waals surface area contributed by atoms with Crippen molar-refractivity contribution >= 4 is 31.9 Å². The summed E-state index contributed by atoms with van der Waals surface area (Å²) in [4.78, 5) is 12.0. The van der Waals surface area contributed by atoms with Gasteiger partial charge in [-0.1, -0.05) is 27.2 Å². The first kappa shape index (κ1) is 18.9. The van der Waals surface area contributed by atoms with Crippen molar-refractivity contribution in [2.24, 2.45) is 0 Å². The SMILES string of the molecule is O=c1c(Br)c[c-]c(-c2ccc(O)cc2Br)n1CC(F)F.[Y]. The molecule has 21 heavy (non-hydrogen) atoms. The quantitative estimate of drug-likeness (QED) is 0.657. The van der Waals surface area contributed by atoms with E-state index in [1.807, 2.05) is 0 Å². The summed E-state index contributed by atoms with van der Waals surface area (Å²) in [7, 11) is 0. The first-order valence-electron chi connectivity index (χ1n) is 5.48. The van der Waals surface area contributed by atoms with E-state index in [-0.39, 0.29) is 48.6 Å². The summed E-state index contributed by atoms with van der Waals surface area (Å²) in [6.07, 6.45) is -2.66. The number of alkyl halides is 2. The van der Waals surface area contributed by atoms with Crippen LogP contribution in [0.5, 0.6) is 5.75 Å². The van der Waals surface area contributed by atoms with E-state index >= 15 is 0 Å². The van der Waals surface area contributed by atoms with Crippen LogP contribution in [0.15, 0.2) is 38.0 Å². The average Bonchev–Trinajstić information content (AvgIpc) is 2.36. The first-order chi connectivity index (χ1) is 9.40. The van der Waals surface area contributed by atoms with Crippen molar-refractivity contribution in [3.05, 3.63) is 49.6 Å². The molecule has 0 unspecified atom stereocenters. The molecular weight excluding hydrogens is 489 g/mol. The molecule has 1 N–H and O–H groups in total. The maximum atomic E-state index is 12.7. The molecule has 2 rings (SSSR count). The minimum absolute atomic E-state index is 0. The van der Waals surface area contributed by atoms with Crippen LogP contribution in [-0.4, -0.2) is 16.1 Å². The summed E-state index contributed by atoms with van der Waals surface area (Å²) in [5, 5.41) is 9.36. The van der Waals surface area contributed by atoms with Gasteiger partial charge in [0.25, 0.3) is 6.43 Å². The largest absolute Gasteiger partial charge is 0.508 e. The molecule has 109 valence electrons. The van der Waals surface area contributed by atoms with Crippen molar-refractivity contribution in [3.8, 4) is 17.0 Å². The predicted octanol–water partition coefficient (Wildman–Crippen LogP) is 3.81. The molecule has 0 bridgehead atoms. The van der Waals surface area contributed by atoms with Gasteiger partial charge in [0.05, 0.1) is 6.54 Å². The van der Waals surface area contributed by atoms with Gasteiger partial charge in [0.2, 0.25) is 5.56 Å². The molecule has 2 aromatic rings. The van der Waals surface area contributed by atoms with E-state index < -0.39 is 18.5 Å². The number of aromatic nitrogens is 1. The molecule has 1 aromatic carbocycles. The number of nitrogens with zero attached hydrogens (tertiary/aromatic N) is 1. The fourth-order valence-corrected chi connectivity index (χ4v) is 2.62. The maximum absolute atomic E-state index is 12.7. The molecule has 0 atom stereocenters. The van der Waals surface area contributed by atoms with E-state index in [2.05, 4.69) is 37.9 Å². The second-order valence-corrected chi connectivity index (χ2v) is 5.66. The monoisotopic (exact) mass is 495 g/mol. The van der Waals surface area contributed by atoms with Gasteiger partial charge in [0.1, 0.15) is 5.75 Å². The summed E-state index contributed by atoms with van der Waals surface area (Å²) >= 11 is 6.24. The van der Waals surface area contributed by atoms with Gasteiger partial charge >= 0.3 is 0 Å². The molecule has 0 saturated carbocycles. The molecule has 0 aliphatic heterocycles. The number of phenolic OH excluding ortho intramolecular Hbond substituents is 1. The third-order valence-corrected chi connectivity index (χ3v) is 3.81. The number of hydrogen-bond acceptors (Lipinski definition) is 2. The van der Waals surface area contributed by atoms with Gasteiger partial charge in [-0.05, 0) is 21.1 Å². The number of benzene rings is 1. The Balaban J connectivity index is 0.00000220. The van der Waals surface area contributed by atoms with Gasteiger partial charge in [-0.3, -0.25) is 4.79 Å². The fraction of sp³-hybridized carbons (Fsp3) is 0.154. The van der Waals surface area contributed by atoms with Crippen LogP contribution in [0, 0.1) is 6.07 Å². The number of rotatable bonds is 3. The predicted molar refractivity (Wildman–Crippen MR) is 78.0 cm³/mol. The van der Waals surface area contributed by atoms with Crippen molar-refractivity contribution in [3.63, 3.8) is 0 Å². The van der Waals surface area contributed by atoms with Crippen LogP contribution >= 0.6 is 31.9 Å². The molecule has 0 spiro atoms. The van der Waals surface area contributed by atoms with E-state index in [1.54, 1.807) is 0 Å². The molecule has 0 saturated heterocycles. The summed E-state index contributed by atoms with van der Waals surface area (Å²) in [5.41, 5.74) is 0.164. The van der Waals surface area contributed by atoms with Crippen LogP contribution < -0.4 is 5.56 Å². The van der Waals surface area contributed by atoms with Gasteiger partial charge in [-0.25, -0.2) is 8.78 Å². The van der Waals surface area contributed by atoms with Gasteiger partial charge in [-0.2, -0.15) is 12.1 Å². The van der Waals surface area contributed by atoms with Crippen LogP contribution in [0.3, 0.4) is 0 Å². The van der Waals surface area contributed by atoms with Crippen molar-refractivity contribution in [2.45, 2.75) is 13.0 Å². The molecule has 1 aromatic heterocycles. The van der Waals surface area contributed by atoms with E-state index in [0.717, 1.165) is 4.57 Å². The molecule has 0 amide bonds. The molecule has 3 nitrogen and oxygen atoms in total. The minimum atomic E-state index is -2.66. The zero-order valence-corrected chi connectivity index (χ0v) is 16.5. The molecule has 8 heteroatoms. The molecule has 0 aliphatic rings. The Morgan fingerprint density at radius 3 is 2.52 bits per heavy atom. The van der Waals surface area contributed by atoms with Gasteiger partial charge < -0.3 is 9.67 Å². The van der Waals surface area contributed by atoms with Crippen LogP contribution in [0.2, 0.25) is 0 Å². The first-order valence-corrected chi connectivity index (χ1v) is 7.07. The smallest absolute Gasteiger partial charge is 0.256 e. The van der Waals surface area contributed by atoms with Crippen molar-refractivity contribution in [2.75, 3.05) is 0 Å². The number of halogens is 4. The Morgan fingerprint density at radius 1 is 1.29 bits per heavy atom. The summed E-state index contributed by atoms with van der Waals surface area (Å²) in [6, 6.07) is 8.54. The Kier molecular flexibility index (Phi) is 7.17. The van der Waals surface area contributed by atoms with Crippen molar-refractivity contribution < 1.29 is 46.6 Å². The summed E-state index contributed by atoms with van der Waals surface area (Å²) in [5.74, 6) is 0.0282. The third-order valence-electron chi connectivity index (χ3n) is 2.58. The zero-order chi connectivity index (χ0) is 14.9. The summed E-state index contributed by atoms with van der Waals surface area (Å²) < 4.78 is 26.9. The van der Waals surface area contributed by atoms with E-state index in [9.17, 15) is 18.7 Å². The Morgan fingerprint density at radius 2 is 1.95 bits per heavy atom. The molecular formula is C13H8Br2F2NO2Y-. The Labute approximate surface area is 161 Å². The van der Waals surface area contributed by atoms with E-state index in [1.165, 1.54) is 24.3 Å². The standard InChI is InChI=1S/C13H8Br2F2NO2.Y/c14-9-3-4-11(18(13(9)20)6-12(16)17)8-2-1-7(19)5-10(8)15;/h1-3,5,12,19H,6H2;/q-1;. The fourth-order valence-electron chi connectivity index (χ4n) is 1.73. The number of pyridine rings is 1. The number of aromatic hydroxyl groups is 1. The number of phenols is 1. The average molecular weight is 497 g/mol. The molecule has 1 radical (unpaired) electrons. The van der Waals surface area contributed by atoms with Gasteiger partial charge in [0.15, 0.2) is 0 Å². The molecule has 0 aliphatic carbocycles. The van der Waals surface area contributed by atoms with E-state index in [0.29, 0.717) is 10.0 Å². The van der Waals surface area contributed by atoms with Gasteiger partial charge in [0, 0.05) is 32.7 Å². The van der Waals surface area contributed by atoms with E-state index in [4.69, 9.17) is 0 Å². The summed E-state index contributed by atoms with van der Waals surface area (Å²) in [6.45, 7) is -0.725. The Bertz CT molecular complexity index is 707. The van der Waals surface area contributed by atoms with Crippen LogP contribution in [-0.2, 0) is 39.3 Å². The molecule has 0 fully saturated rings. The van der Waals surface area contributed by atoms with Crippen molar-refractivity contribution in [1.82, 2.24) is 4.57 Å². The second-order valence-electron chi connectivity index (χ2n) is 3.96. The minimum Gasteiger partial charge on any atom is -0.508 e. The topological polar surface area (TPSA) is 42.2 Å². The van der Waals surface area contributed by atoms with Crippen molar-refractivity contribution in [1.29, 1.82) is 0 Å². The molecule has 1 heterocycles. The van der Waals surface area contributed by atoms with Crippen LogP contribution in [0.25, 0.3) is 11.3 Å². The zero-order valence-electron chi connectivity index (χ0n) is 10.5. The number of hydrogen-bond donors (Lipinski definition) is 1. The van der Waals surface area contributed by atoms with Crippen LogP contribution in [0.1, 0.15) is 0 Å². The maximum Gasteiger partial charge on any atom is 0.256 e. The third kappa shape index (κ3) is 4.44. The van der Waals surface area contributed by atoms with Crippen LogP contribution in [0.4, 0.5) is 8.78 Å². The second kappa shape index (κ2) is 7.95. The normalized spacial score (nSPS) is 10.5. The Hall–Kier alpha value is -0.106.